The summed E-state index contributed by atoms with van der Waals surface area (Å²) in [5, 5.41) is 7.52. The van der Waals surface area contributed by atoms with Crippen molar-refractivity contribution in [3.05, 3.63) is 29.8 Å². The van der Waals surface area contributed by atoms with Crippen LogP contribution in [0.2, 0.25) is 0 Å². The fraction of sp³-hybridized carbons (Fsp3) is 0.100. The number of rotatable bonds is 2. The Hall–Kier alpha value is -1.97. The van der Waals surface area contributed by atoms with E-state index in [1.165, 1.54) is 5.56 Å². The van der Waals surface area contributed by atoms with E-state index in [1.54, 1.807) is 0 Å². The third-order valence-electron chi connectivity index (χ3n) is 1.85. The van der Waals surface area contributed by atoms with Gasteiger partial charge in [-0.3, -0.25) is 0 Å². The molecule has 1 aromatic heterocycles. The number of hydrogen-bond acceptors (Lipinski definition) is 4. The molecular formula is C10H9N3O. The van der Waals surface area contributed by atoms with Crippen molar-refractivity contribution in [3.63, 3.8) is 0 Å². The summed E-state index contributed by atoms with van der Waals surface area (Å²) >= 11 is 0. The molecule has 0 atom stereocenters. The lowest BCUT2D eigenvalue weighted by molar-refractivity contribution is 0.580. The van der Waals surface area contributed by atoms with E-state index in [0.717, 1.165) is 5.56 Å². The zero-order chi connectivity index (χ0) is 9.97. The average molecular weight is 187 g/mol. The van der Waals surface area contributed by atoms with Crippen molar-refractivity contribution in [2.24, 2.45) is 4.99 Å². The molecule has 0 amide bonds. The second kappa shape index (κ2) is 3.41. The van der Waals surface area contributed by atoms with Gasteiger partial charge in [0.25, 0.3) is 0 Å². The zero-order valence-corrected chi connectivity index (χ0v) is 7.77. The Bertz CT molecular complexity index is 445. The number of hydrogen-bond donors (Lipinski definition) is 0. The number of aromatic nitrogens is 2. The average Bonchev–Trinajstić information content (AvgIpc) is 2.67. The zero-order valence-electron chi connectivity index (χ0n) is 7.77. The maximum atomic E-state index is 5.21. The van der Waals surface area contributed by atoms with Crippen molar-refractivity contribution >= 4 is 12.7 Å². The minimum atomic E-state index is 0.195. The minimum Gasteiger partial charge on any atom is -0.402 e. The number of nitrogens with zero attached hydrogens (tertiary/aromatic N) is 3. The molecule has 0 aliphatic heterocycles. The van der Waals surface area contributed by atoms with Crippen molar-refractivity contribution in [1.82, 2.24) is 10.2 Å². The summed E-state index contributed by atoms with van der Waals surface area (Å²) in [5.74, 6) is 0.465. The van der Waals surface area contributed by atoms with Crippen molar-refractivity contribution in [2.75, 3.05) is 0 Å². The lowest BCUT2D eigenvalue weighted by atomic mass is 10.1. The van der Waals surface area contributed by atoms with Crippen LogP contribution in [0.1, 0.15) is 5.56 Å². The molecule has 1 heterocycles. The highest BCUT2D eigenvalue weighted by molar-refractivity contribution is 5.53. The summed E-state index contributed by atoms with van der Waals surface area (Å²) < 4.78 is 5.21. The van der Waals surface area contributed by atoms with E-state index in [4.69, 9.17) is 4.42 Å². The minimum absolute atomic E-state index is 0.195. The molecule has 1 aromatic carbocycles. The summed E-state index contributed by atoms with van der Waals surface area (Å²) in [4.78, 5) is 3.54. The van der Waals surface area contributed by atoms with Gasteiger partial charge in [0.05, 0.1) is 0 Å². The molecule has 0 spiro atoms. The third kappa shape index (κ3) is 1.54. The van der Waals surface area contributed by atoms with Crippen molar-refractivity contribution in [1.29, 1.82) is 0 Å². The van der Waals surface area contributed by atoms with E-state index in [2.05, 4.69) is 21.9 Å². The van der Waals surface area contributed by atoms with Gasteiger partial charge in [0.2, 0.25) is 5.89 Å². The molecule has 0 saturated heterocycles. The molecule has 0 N–H and O–H groups in total. The predicted molar refractivity (Wildman–Crippen MR) is 53.7 cm³/mol. The van der Waals surface area contributed by atoms with Gasteiger partial charge in [-0.25, -0.2) is 4.99 Å². The van der Waals surface area contributed by atoms with E-state index in [0.29, 0.717) is 5.89 Å². The first-order chi connectivity index (χ1) is 6.79. The van der Waals surface area contributed by atoms with Crippen LogP contribution in [0.25, 0.3) is 11.5 Å². The second-order valence-corrected chi connectivity index (χ2v) is 2.91. The molecule has 0 bridgehead atoms. The van der Waals surface area contributed by atoms with Crippen molar-refractivity contribution in [2.45, 2.75) is 6.92 Å². The molecule has 2 aromatic rings. The Morgan fingerprint density at radius 2 is 1.93 bits per heavy atom. The van der Waals surface area contributed by atoms with Crippen LogP contribution in [0.5, 0.6) is 0 Å². The Labute approximate surface area is 81.3 Å². The standard InChI is InChI=1S/C10H9N3O/c1-7-3-5-8(6-4-7)9-12-13-10(11-2)14-9/h3-6H,2H2,1H3. The van der Waals surface area contributed by atoms with E-state index < -0.39 is 0 Å². The molecular weight excluding hydrogens is 178 g/mol. The quantitative estimate of drug-likeness (QED) is 0.678. The van der Waals surface area contributed by atoms with Gasteiger partial charge in [0, 0.05) is 5.56 Å². The highest BCUT2D eigenvalue weighted by Gasteiger charge is 2.05. The van der Waals surface area contributed by atoms with Gasteiger partial charge in [0.1, 0.15) is 0 Å². The Balaban J connectivity index is 2.39. The predicted octanol–water partition coefficient (Wildman–Crippen LogP) is 2.38. The Kier molecular flexibility index (Phi) is 2.10. The molecule has 0 saturated carbocycles. The molecule has 0 radical (unpaired) electrons. The first-order valence-corrected chi connectivity index (χ1v) is 4.17. The number of aliphatic imine (C=N–C) groups is 1. The van der Waals surface area contributed by atoms with E-state index in [9.17, 15) is 0 Å². The summed E-state index contributed by atoms with van der Waals surface area (Å²) in [6, 6.07) is 8.02. The maximum absolute atomic E-state index is 5.21. The van der Waals surface area contributed by atoms with E-state index in [1.807, 2.05) is 31.2 Å². The van der Waals surface area contributed by atoms with Crippen LogP contribution in [0.4, 0.5) is 6.01 Å². The van der Waals surface area contributed by atoms with Crippen LogP contribution in [-0.2, 0) is 0 Å². The van der Waals surface area contributed by atoms with E-state index in [-0.39, 0.29) is 6.01 Å². The molecule has 14 heavy (non-hydrogen) atoms. The molecule has 0 unspecified atom stereocenters. The molecule has 4 nitrogen and oxygen atoms in total. The van der Waals surface area contributed by atoms with Crippen LogP contribution in [0.15, 0.2) is 33.7 Å². The van der Waals surface area contributed by atoms with Gasteiger partial charge in [-0.2, -0.15) is 0 Å². The highest BCUT2D eigenvalue weighted by Crippen LogP contribution is 2.20. The normalized spacial score (nSPS) is 10.1. The van der Waals surface area contributed by atoms with Crippen molar-refractivity contribution < 1.29 is 4.42 Å². The molecule has 0 aliphatic rings. The van der Waals surface area contributed by atoms with Gasteiger partial charge in [-0.05, 0) is 25.8 Å². The van der Waals surface area contributed by atoms with Crippen LogP contribution in [-0.4, -0.2) is 16.9 Å². The SMILES string of the molecule is C=Nc1nnc(-c2ccc(C)cc2)o1. The summed E-state index contributed by atoms with van der Waals surface area (Å²) in [6.45, 7) is 5.33. The monoisotopic (exact) mass is 187 g/mol. The molecule has 0 fully saturated rings. The van der Waals surface area contributed by atoms with Gasteiger partial charge < -0.3 is 4.42 Å². The number of aryl methyl sites for hydroxylation is 1. The van der Waals surface area contributed by atoms with E-state index >= 15 is 0 Å². The highest BCUT2D eigenvalue weighted by atomic mass is 16.4. The first kappa shape index (κ1) is 8.62. The molecule has 70 valence electrons. The Morgan fingerprint density at radius 3 is 2.50 bits per heavy atom. The van der Waals surface area contributed by atoms with Crippen LogP contribution in [0, 0.1) is 6.92 Å². The number of benzene rings is 1. The van der Waals surface area contributed by atoms with Crippen LogP contribution >= 0.6 is 0 Å². The fourth-order valence-corrected chi connectivity index (χ4v) is 1.09. The molecule has 2 rings (SSSR count). The Morgan fingerprint density at radius 1 is 1.21 bits per heavy atom. The lowest BCUT2D eigenvalue weighted by Crippen LogP contribution is -1.77. The summed E-state index contributed by atoms with van der Waals surface area (Å²) in [7, 11) is 0. The largest absolute Gasteiger partial charge is 0.402 e. The lowest BCUT2D eigenvalue weighted by Gasteiger charge is -1.94. The topological polar surface area (TPSA) is 51.3 Å². The summed E-state index contributed by atoms with van der Waals surface area (Å²) in [6.07, 6.45) is 0. The van der Waals surface area contributed by atoms with Crippen LogP contribution in [0.3, 0.4) is 0 Å². The third-order valence-corrected chi connectivity index (χ3v) is 1.85. The van der Waals surface area contributed by atoms with Crippen LogP contribution < -0.4 is 0 Å². The fourth-order valence-electron chi connectivity index (χ4n) is 1.09. The molecule has 0 aliphatic carbocycles. The van der Waals surface area contributed by atoms with Gasteiger partial charge in [0.15, 0.2) is 0 Å². The maximum Gasteiger partial charge on any atom is 0.342 e. The summed E-state index contributed by atoms with van der Waals surface area (Å²) in [5.41, 5.74) is 2.08. The smallest absolute Gasteiger partial charge is 0.342 e. The van der Waals surface area contributed by atoms with Gasteiger partial charge in [-0.15, -0.1) is 5.10 Å². The molecule has 4 heteroatoms. The second-order valence-electron chi connectivity index (χ2n) is 2.91. The first-order valence-electron chi connectivity index (χ1n) is 4.17. The van der Waals surface area contributed by atoms with Gasteiger partial charge >= 0.3 is 6.01 Å². The van der Waals surface area contributed by atoms with Crippen molar-refractivity contribution in [3.8, 4) is 11.5 Å². The van der Waals surface area contributed by atoms with Gasteiger partial charge in [-0.1, -0.05) is 22.8 Å².